The molecule has 1 unspecified atom stereocenters. The molecular formula is C56H53NO13S. The van der Waals surface area contributed by atoms with Gasteiger partial charge >= 0.3 is 5.97 Å². The van der Waals surface area contributed by atoms with Crippen LogP contribution in [0.15, 0.2) is 169 Å². The summed E-state index contributed by atoms with van der Waals surface area (Å²) in [5.74, 6) is -1.14. The van der Waals surface area contributed by atoms with Gasteiger partial charge in [0, 0.05) is 10.5 Å². The number of benzene rings is 6. The number of carbonyl (C=O) groups excluding carboxylic acids is 3. The Morgan fingerprint density at radius 3 is 2.01 bits per heavy atom. The highest BCUT2D eigenvalue weighted by Crippen LogP contribution is 2.45. The van der Waals surface area contributed by atoms with E-state index in [2.05, 4.69) is 0 Å². The predicted octanol–water partition coefficient (Wildman–Crippen LogP) is 8.10. The predicted molar refractivity (Wildman–Crippen MR) is 259 cm³/mol. The molecule has 3 saturated heterocycles. The largest absolute Gasteiger partial charge is 0.497 e. The summed E-state index contributed by atoms with van der Waals surface area (Å²) >= 11 is 1.32. The summed E-state index contributed by atoms with van der Waals surface area (Å²) in [5, 5.41) is 12.4. The minimum Gasteiger partial charge on any atom is -0.497 e. The molecule has 71 heavy (non-hydrogen) atoms. The lowest BCUT2D eigenvalue weighted by Crippen LogP contribution is -2.69. The molecule has 0 aromatic heterocycles. The number of hydrogen-bond donors (Lipinski definition) is 1. The summed E-state index contributed by atoms with van der Waals surface area (Å²) in [6.45, 7) is 2.05. The number of rotatable bonds is 16. The molecule has 6 aromatic carbocycles. The second kappa shape index (κ2) is 22.0. The summed E-state index contributed by atoms with van der Waals surface area (Å²) in [4.78, 5) is 45.8. The standard InChI is InChI=1S/C56H53NO13S/c1-34-22-28-40(29-23-34)71-56-45(57-51(59)41-20-12-13-21-42(41)52(57)60)48(47-44(67-56)33-65-54(69-47)38-18-10-5-11-19-38)70-55-50(68-53(61)37-16-8-4-9-17-37)49(64-31-35-14-6-3-7-15-35)46(58)43(66-55)32-63-30-36-24-26-39(62-2)27-25-36/h3-29,43-50,54-56,58H,30-33H2,1-2H3/t43-,44-,45-,46-,47-,48-,49+,50-,54?,55+,56+/m1/s1. The molecule has 0 radical (unpaired) electrons. The van der Waals surface area contributed by atoms with Gasteiger partial charge in [-0.15, -0.1) is 0 Å². The Bertz CT molecular complexity index is 2720. The topological polar surface area (TPSA) is 158 Å². The van der Waals surface area contributed by atoms with Crippen LogP contribution in [0.3, 0.4) is 0 Å². The van der Waals surface area contributed by atoms with Gasteiger partial charge < -0.3 is 47.7 Å². The third-order valence-electron chi connectivity index (χ3n) is 12.9. The summed E-state index contributed by atoms with van der Waals surface area (Å²) in [7, 11) is 1.59. The number of aryl methyl sites for hydroxylation is 1. The minimum absolute atomic E-state index is 0.0161. The maximum absolute atomic E-state index is 14.8. The highest BCUT2D eigenvalue weighted by atomic mass is 32.2. The van der Waals surface area contributed by atoms with Gasteiger partial charge in [0.15, 0.2) is 18.7 Å². The van der Waals surface area contributed by atoms with Gasteiger partial charge in [-0.1, -0.05) is 133 Å². The average molecular weight is 980 g/mol. The fraction of sp³-hybridized carbons (Fsp3) is 0.304. The fourth-order valence-corrected chi connectivity index (χ4v) is 10.4. The molecule has 4 heterocycles. The van der Waals surface area contributed by atoms with Crippen molar-refractivity contribution in [1.29, 1.82) is 0 Å². The van der Waals surface area contributed by atoms with Crippen LogP contribution in [0.2, 0.25) is 0 Å². The molecule has 0 spiro atoms. The first-order valence-electron chi connectivity index (χ1n) is 23.5. The van der Waals surface area contributed by atoms with Crippen LogP contribution in [0.4, 0.5) is 0 Å². The molecule has 366 valence electrons. The van der Waals surface area contributed by atoms with Crippen LogP contribution >= 0.6 is 11.8 Å². The van der Waals surface area contributed by atoms with Crippen molar-refractivity contribution in [1.82, 2.24) is 4.90 Å². The molecule has 10 rings (SSSR count). The average Bonchev–Trinajstić information content (AvgIpc) is 3.66. The Hall–Kier alpha value is -6.24. The summed E-state index contributed by atoms with van der Waals surface area (Å²) in [6.07, 6.45) is -10.8. The number of fused-ring (bicyclic) bond motifs is 2. The molecule has 1 N–H and O–H groups in total. The lowest BCUT2D eigenvalue weighted by Gasteiger charge is -2.52. The monoisotopic (exact) mass is 979 g/mol. The van der Waals surface area contributed by atoms with Crippen molar-refractivity contribution in [3.63, 3.8) is 0 Å². The van der Waals surface area contributed by atoms with Gasteiger partial charge in [0.25, 0.3) is 11.8 Å². The van der Waals surface area contributed by atoms with Crippen molar-refractivity contribution < 1.29 is 62.1 Å². The Morgan fingerprint density at radius 2 is 1.34 bits per heavy atom. The van der Waals surface area contributed by atoms with Gasteiger partial charge in [-0.2, -0.15) is 0 Å². The molecule has 6 aromatic rings. The third-order valence-corrected chi connectivity index (χ3v) is 14.1. The highest BCUT2D eigenvalue weighted by Gasteiger charge is 2.59. The molecule has 11 atom stereocenters. The van der Waals surface area contributed by atoms with Crippen LogP contribution in [0.5, 0.6) is 5.75 Å². The maximum atomic E-state index is 14.8. The second-order valence-electron chi connectivity index (χ2n) is 17.7. The van der Waals surface area contributed by atoms with Crippen molar-refractivity contribution in [3.8, 4) is 5.75 Å². The van der Waals surface area contributed by atoms with Gasteiger partial charge in [-0.05, 0) is 66.6 Å². The van der Waals surface area contributed by atoms with E-state index < -0.39 is 84.6 Å². The first-order valence-corrected chi connectivity index (χ1v) is 24.4. The summed E-state index contributed by atoms with van der Waals surface area (Å²) in [5.41, 5.74) is 3.11. The molecular weight excluding hydrogens is 927 g/mol. The number of esters is 1. The zero-order valence-electron chi connectivity index (χ0n) is 39.0. The molecule has 4 aliphatic heterocycles. The van der Waals surface area contributed by atoms with Gasteiger partial charge in [-0.25, -0.2) is 4.79 Å². The molecule has 4 aliphatic rings. The van der Waals surface area contributed by atoms with Gasteiger partial charge in [0.2, 0.25) is 0 Å². The summed E-state index contributed by atoms with van der Waals surface area (Å²) in [6, 6.07) is 47.9. The lowest BCUT2D eigenvalue weighted by atomic mass is 9.94. The zero-order valence-corrected chi connectivity index (χ0v) is 39.8. The Balaban J connectivity index is 1.07. The number of nitrogens with zero attached hydrogens (tertiary/aromatic N) is 1. The van der Waals surface area contributed by atoms with Crippen LogP contribution in [-0.4, -0.2) is 109 Å². The Labute approximate surface area is 415 Å². The molecule has 15 heteroatoms. The maximum Gasteiger partial charge on any atom is 0.338 e. The van der Waals surface area contributed by atoms with Gasteiger partial charge in [0.1, 0.15) is 53.9 Å². The van der Waals surface area contributed by atoms with Crippen LogP contribution in [0.25, 0.3) is 0 Å². The fourth-order valence-electron chi connectivity index (χ4n) is 9.25. The number of carbonyl (C=O) groups is 3. The van der Waals surface area contributed by atoms with E-state index in [-0.39, 0.29) is 43.1 Å². The number of aliphatic hydroxyl groups is 1. The van der Waals surface area contributed by atoms with E-state index in [0.29, 0.717) is 11.3 Å². The number of amides is 2. The Morgan fingerprint density at radius 1 is 0.704 bits per heavy atom. The number of thioether (sulfide) groups is 1. The number of methoxy groups -OCH3 is 1. The van der Waals surface area contributed by atoms with Crippen LogP contribution in [-0.2, 0) is 51.1 Å². The quantitative estimate of drug-likeness (QED) is 0.0733. The van der Waals surface area contributed by atoms with Gasteiger partial charge in [0.05, 0.1) is 50.2 Å². The third kappa shape index (κ3) is 10.7. The molecule has 14 nitrogen and oxygen atoms in total. The van der Waals surface area contributed by atoms with Crippen LogP contribution in [0, 0.1) is 6.92 Å². The number of hydrogen-bond acceptors (Lipinski definition) is 14. The zero-order chi connectivity index (χ0) is 48.8. The molecule has 0 saturated carbocycles. The number of imide groups is 1. The first kappa shape index (κ1) is 48.4. The van der Waals surface area contributed by atoms with E-state index in [4.69, 9.17) is 42.6 Å². The van der Waals surface area contributed by atoms with E-state index >= 15 is 0 Å². The number of aliphatic hydroxyl groups excluding tert-OH is 1. The van der Waals surface area contributed by atoms with Gasteiger partial charge in [-0.3, -0.25) is 14.5 Å². The van der Waals surface area contributed by atoms with Crippen molar-refractivity contribution in [2.75, 3.05) is 20.3 Å². The van der Waals surface area contributed by atoms with E-state index in [9.17, 15) is 19.5 Å². The van der Waals surface area contributed by atoms with E-state index in [1.54, 1.807) is 61.7 Å². The van der Waals surface area contributed by atoms with Crippen molar-refractivity contribution in [2.24, 2.45) is 0 Å². The van der Waals surface area contributed by atoms with E-state index in [1.165, 1.54) is 16.7 Å². The van der Waals surface area contributed by atoms with Crippen molar-refractivity contribution in [3.05, 3.63) is 203 Å². The van der Waals surface area contributed by atoms with E-state index in [1.807, 2.05) is 116 Å². The first-order chi connectivity index (χ1) is 34.7. The minimum atomic E-state index is -1.53. The lowest BCUT2D eigenvalue weighted by molar-refractivity contribution is -0.361. The highest BCUT2D eigenvalue weighted by molar-refractivity contribution is 7.99. The SMILES string of the molecule is COc1ccc(COC[C@H]2O[C@@H](O[C@H]3[C@@H]4OC(c5ccccc5)OC[C@H]4O[C@@H](Sc4ccc(C)cc4)[C@@H]3N3C(=O)c4ccccc4C3=O)[C@H](OC(=O)c3ccccc3)[C@@H](OCc3ccccc3)[C@@H]2O)cc1. The van der Waals surface area contributed by atoms with Crippen LogP contribution < -0.4 is 4.74 Å². The van der Waals surface area contributed by atoms with Crippen molar-refractivity contribution in [2.45, 2.75) is 91.8 Å². The normalized spacial score (nSPS) is 27.1. The smallest absolute Gasteiger partial charge is 0.338 e. The van der Waals surface area contributed by atoms with Crippen molar-refractivity contribution >= 4 is 29.5 Å². The number of ether oxygens (including phenoxy) is 9. The van der Waals surface area contributed by atoms with E-state index in [0.717, 1.165) is 21.6 Å². The molecule has 0 aliphatic carbocycles. The van der Waals surface area contributed by atoms with Crippen LogP contribution in [0.1, 0.15) is 59.6 Å². The molecule has 3 fully saturated rings. The Kier molecular flexibility index (Phi) is 15.0. The summed E-state index contributed by atoms with van der Waals surface area (Å²) < 4.78 is 58.8. The molecule has 0 bridgehead atoms. The second-order valence-corrected chi connectivity index (χ2v) is 18.8. The molecule has 2 amide bonds.